The number of nitrogens with one attached hydrogen (secondary N) is 1. The molecule has 0 bridgehead atoms. The van der Waals surface area contributed by atoms with Crippen molar-refractivity contribution in [3.8, 4) is 0 Å². The number of carboxylic acid groups (broad SMARTS) is 1. The molecular formula is C12H19N3O4. The van der Waals surface area contributed by atoms with Crippen LogP contribution in [0, 0.1) is 0 Å². The number of hydrogen-bond donors (Lipinski definition) is 2. The van der Waals surface area contributed by atoms with Crippen molar-refractivity contribution in [1.82, 2.24) is 15.1 Å². The molecule has 1 saturated heterocycles. The number of carboxylic acids is 1. The first-order valence-corrected chi connectivity index (χ1v) is 6.62. The quantitative estimate of drug-likeness (QED) is 0.743. The first kappa shape index (κ1) is 13.6. The average molecular weight is 269 g/mol. The maximum Gasteiger partial charge on any atom is 0.320 e. The van der Waals surface area contributed by atoms with E-state index in [-0.39, 0.29) is 30.9 Å². The molecule has 1 aliphatic carbocycles. The van der Waals surface area contributed by atoms with E-state index in [0.717, 1.165) is 12.8 Å². The zero-order valence-electron chi connectivity index (χ0n) is 10.8. The van der Waals surface area contributed by atoms with Gasteiger partial charge in [-0.05, 0) is 12.8 Å². The summed E-state index contributed by atoms with van der Waals surface area (Å²) in [4.78, 5) is 37.5. The van der Waals surface area contributed by atoms with Crippen LogP contribution in [0.2, 0.25) is 0 Å². The molecule has 2 N–H and O–H groups in total. The number of nitrogens with zero attached hydrogens (tertiary/aromatic N) is 2. The Balaban J connectivity index is 1.94. The smallest absolute Gasteiger partial charge is 0.320 e. The summed E-state index contributed by atoms with van der Waals surface area (Å²) in [5, 5.41) is 11.4. The third kappa shape index (κ3) is 3.84. The second kappa shape index (κ2) is 5.90. The fourth-order valence-corrected chi connectivity index (χ4v) is 2.18. The van der Waals surface area contributed by atoms with Crippen molar-refractivity contribution in [1.29, 1.82) is 0 Å². The normalized spacial score (nSPS) is 19.6. The highest BCUT2D eigenvalue weighted by molar-refractivity contribution is 5.80. The van der Waals surface area contributed by atoms with E-state index in [1.54, 1.807) is 9.80 Å². The molecule has 0 aromatic rings. The molecule has 0 unspecified atom stereocenters. The second-order valence-electron chi connectivity index (χ2n) is 4.94. The van der Waals surface area contributed by atoms with Gasteiger partial charge in [0.05, 0.1) is 6.42 Å². The lowest BCUT2D eigenvalue weighted by Gasteiger charge is -2.29. The van der Waals surface area contributed by atoms with E-state index in [4.69, 9.17) is 5.11 Å². The third-order valence-electron chi connectivity index (χ3n) is 3.38. The molecule has 1 heterocycles. The predicted octanol–water partition coefficient (Wildman–Crippen LogP) is -0.133. The van der Waals surface area contributed by atoms with Crippen LogP contribution in [-0.2, 0) is 9.59 Å². The number of carbonyl (C=O) groups is 3. The van der Waals surface area contributed by atoms with Crippen molar-refractivity contribution in [3.63, 3.8) is 0 Å². The summed E-state index contributed by atoms with van der Waals surface area (Å²) >= 11 is 0. The summed E-state index contributed by atoms with van der Waals surface area (Å²) in [6, 6.07) is 0.0408. The molecule has 19 heavy (non-hydrogen) atoms. The van der Waals surface area contributed by atoms with E-state index in [0.29, 0.717) is 26.1 Å². The van der Waals surface area contributed by atoms with Gasteiger partial charge in [0.1, 0.15) is 0 Å². The fraction of sp³-hybridized carbons (Fsp3) is 0.750. The molecular weight excluding hydrogens is 250 g/mol. The average Bonchev–Trinajstić information content (AvgIpc) is 3.17. The van der Waals surface area contributed by atoms with E-state index in [1.165, 1.54) is 0 Å². The van der Waals surface area contributed by atoms with Gasteiger partial charge in [-0.15, -0.1) is 0 Å². The summed E-state index contributed by atoms with van der Waals surface area (Å²) in [5.41, 5.74) is 0. The van der Waals surface area contributed by atoms with Crippen molar-refractivity contribution in [3.05, 3.63) is 0 Å². The molecule has 2 aliphatic rings. The van der Waals surface area contributed by atoms with Gasteiger partial charge in [0, 0.05) is 38.6 Å². The lowest BCUT2D eigenvalue weighted by molar-refractivity contribution is -0.137. The van der Waals surface area contributed by atoms with Gasteiger partial charge in [-0.3, -0.25) is 9.59 Å². The molecule has 2 rings (SSSR count). The van der Waals surface area contributed by atoms with Crippen molar-refractivity contribution in [2.45, 2.75) is 31.7 Å². The van der Waals surface area contributed by atoms with Crippen LogP contribution in [0.5, 0.6) is 0 Å². The molecule has 0 spiro atoms. The minimum Gasteiger partial charge on any atom is -0.481 e. The molecule has 1 aliphatic heterocycles. The predicted molar refractivity (Wildman–Crippen MR) is 66.6 cm³/mol. The molecule has 2 fully saturated rings. The number of urea groups is 1. The molecule has 106 valence electrons. The molecule has 0 aromatic heterocycles. The van der Waals surface area contributed by atoms with Gasteiger partial charge in [0.25, 0.3) is 0 Å². The zero-order valence-corrected chi connectivity index (χ0v) is 10.8. The lowest BCUT2D eigenvalue weighted by Crippen LogP contribution is -2.46. The van der Waals surface area contributed by atoms with Gasteiger partial charge in [-0.25, -0.2) is 4.79 Å². The minimum absolute atomic E-state index is 0.0345. The fourth-order valence-electron chi connectivity index (χ4n) is 2.18. The highest BCUT2D eigenvalue weighted by Gasteiger charge is 2.35. The van der Waals surface area contributed by atoms with Crippen molar-refractivity contribution < 1.29 is 19.5 Å². The highest BCUT2D eigenvalue weighted by atomic mass is 16.4. The number of carbonyl (C=O) groups excluding carboxylic acids is 2. The Hall–Kier alpha value is -1.79. The summed E-state index contributed by atoms with van der Waals surface area (Å²) in [7, 11) is 0. The summed E-state index contributed by atoms with van der Waals surface area (Å²) in [5.74, 6) is -0.940. The first-order valence-electron chi connectivity index (χ1n) is 6.62. The Labute approximate surface area is 111 Å². The monoisotopic (exact) mass is 269 g/mol. The minimum atomic E-state index is -0.897. The van der Waals surface area contributed by atoms with E-state index in [1.807, 2.05) is 0 Å². The standard InChI is InChI=1S/C12H19N3O4/c16-10-3-6-14(8-5-13-10)12(19)15(9-1-2-9)7-4-11(17)18/h9H,1-8H2,(H,13,16)(H,17,18). The first-order chi connectivity index (χ1) is 9.08. The topological polar surface area (TPSA) is 89.9 Å². The van der Waals surface area contributed by atoms with E-state index >= 15 is 0 Å². The molecule has 7 nitrogen and oxygen atoms in total. The third-order valence-corrected chi connectivity index (χ3v) is 3.38. The number of hydrogen-bond acceptors (Lipinski definition) is 3. The van der Waals surface area contributed by atoms with Gasteiger partial charge in [0.15, 0.2) is 0 Å². The Morgan fingerprint density at radius 3 is 2.74 bits per heavy atom. The van der Waals surface area contributed by atoms with Crippen LogP contribution < -0.4 is 5.32 Å². The summed E-state index contributed by atoms with van der Waals surface area (Å²) < 4.78 is 0. The van der Waals surface area contributed by atoms with Crippen LogP contribution >= 0.6 is 0 Å². The SMILES string of the molecule is O=C(O)CCN(C(=O)N1CCNC(=O)CC1)C1CC1. The number of rotatable bonds is 4. The van der Waals surface area contributed by atoms with Crippen molar-refractivity contribution >= 4 is 17.9 Å². The van der Waals surface area contributed by atoms with Gasteiger partial charge in [-0.1, -0.05) is 0 Å². The molecule has 3 amide bonds. The highest BCUT2D eigenvalue weighted by Crippen LogP contribution is 2.28. The Kier molecular flexibility index (Phi) is 4.24. The van der Waals surface area contributed by atoms with Crippen LogP contribution in [0.1, 0.15) is 25.7 Å². The molecule has 0 aromatic carbocycles. The van der Waals surface area contributed by atoms with Crippen molar-refractivity contribution in [2.75, 3.05) is 26.2 Å². The van der Waals surface area contributed by atoms with Crippen molar-refractivity contribution in [2.24, 2.45) is 0 Å². The Morgan fingerprint density at radius 2 is 2.11 bits per heavy atom. The molecule has 0 radical (unpaired) electrons. The van der Waals surface area contributed by atoms with E-state index < -0.39 is 5.97 Å². The second-order valence-corrected chi connectivity index (χ2v) is 4.94. The van der Waals surface area contributed by atoms with E-state index in [9.17, 15) is 14.4 Å². The zero-order chi connectivity index (χ0) is 13.8. The summed E-state index contributed by atoms with van der Waals surface area (Å²) in [6.45, 7) is 1.60. The number of aliphatic carboxylic acids is 1. The Bertz CT molecular complexity index is 381. The van der Waals surface area contributed by atoms with Gasteiger partial charge in [0.2, 0.25) is 5.91 Å². The summed E-state index contributed by atoms with van der Waals surface area (Å²) in [6.07, 6.45) is 2.16. The Morgan fingerprint density at radius 1 is 1.37 bits per heavy atom. The van der Waals surface area contributed by atoms with Crippen LogP contribution in [0.25, 0.3) is 0 Å². The van der Waals surface area contributed by atoms with Gasteiger partial charge in [-0.2, -0.15) is 0 Å². The number of amides is 3. The molecule has 7 heteroatoms. The van der Waals surface area contributed by atoms with Crippen LogP contribution in [0.4, 0.5) is 4.79 Å². The molecule has 0 atom stereocenters. The van der Waals surface area contributed by atoms with E-state index in [2.05, 4.69) is 5.32 Å². The maximum atomic E-state index is 12.4. The van der Waals surface area contributed by atoms with Crippen LogP contribution in [0.3, 0.4) is 0 Å². The lowest BCUT2D eigenvalue weighted by atomic mass is 10.3. The van der Waals surface area contributed by atoms with Crippen LogP contribution in [0.15, 0.2) is 0 Å². The van der Waals surface area contributed by atoms with Crippen LogP contribution in [-0.4, -0.2) is 65.0 Å². The largest absolute Gasteiger partial charge is 0.481 e. The molecule has 1 saturated carbocycles. The van der Waals surface area contributed by atoms with Gasteiger partial charge < -0.3 is 20.2 Å². The van der Waals surface area contributed by atoms with Gasteiger partial charge >= 0.3 is 12.0 Å². The maximum absolute atomic E-state index is 12.4.